The lowest BCUT2D eigenvalue weighted by Gasteiger charge is -2.12. The molecule has 0 spiro atoms. The number of unbranched alkanes of at least 4 members (excludes halogenated alkanes) is 2. The first-order chi connectivity index (χ1) is 17.0. The molecule has 0 aliphatic carbocycles. The molecule has 36 heavy (non-hydrogen) atoms. The Kier molecular flexibility index (Phi) is 11.0. The maximum atomic E-state index is 12.7. The highest BCUT2D eigenvalue weighted by Gasteiger charge is 2.20. The average Bonchev–Trinajstić information content (AvgIpc) is 2.82. The van der Waals surface area contributed by atoms with Crippen LogP contribution in [0, 0.1) is 5.92 Å². The number of carbonyl (C=O) groups is 3. The second-order valence-electron chi connectivity index (χ2n) is 9.09. The molecule has 2 rings (SSSR count). The van der Waals surface area contributed by atoms with Crippen LogP contribution in [-0.4, -0.2) is 37.7 Å². The van der Waals surface area contributed by atoms with Gasteiger partial charge >= 0.3 is 0 Å². The number of rotatable bonds is 14. The minimum atomic E-state index is -4.16. The maximum absolute atomic E-state index is 12.7. The standard InChI is InChI=1S/C26H35N3O6S/c1-4-5-6-7-20-16-21(17-28-24(20)26(32)33)25(31)29-36(34,35)22-11-9-19(10-12-22)14-15-27-23(30)13-8-18(2)3/h9-12,16-18H,4-8,13-15H2,1-3H3,(H,27,30)(H,29,31)(H,32,33)/p-1. The van der Waals surface area contributed by atoms with Crippen LogP contribution in [0.5, 0.6) is 0 Å². The topological polar surface area (TPSA) is 145 Å². The number of sulfonamides is 1. The van der Waals surface area contributed by atoms with E-state index in [1.54, 1.807) is 12.1 Å². The van der Waals surface area contributed by atoms with Gasteiger partial charge in [0.15, 0.2) is 0 Å². The van der Waals surface area contributed by atoms with Crippen molar-refractivity contribution in [3.8, 4) is 0 Å². The van der Waals surface area contributed by atoms with E-state index in [1.807, 2.05) is 11.6 Å². The smallest absolute Gasteiger partial charge is 0.266 e. The molecule has 0 unspecified atom stereocenters. The summed E-state index contributed by atoms with van der Waals surface area (Å²) in [4.78, 5) is 39.5. The van der Waals surface area contributed by atoms with Crippen LogP contribution in [0.25, 0.3) is 0 Å². The van der Waals surface area contributed by atoms with Gasteiger partial charge in [0.1, 0.15) is 0 Å². The summed E-state index contributed by atoms with van der Waals surface area (Å²) < 4.78 is 27.4. The highest BCUT2D eigenvalue weighted by molar-refractivity contribution is 7.90. The number of carboxylic acids is 1. The van der Waals surface area contributed by atoms with Gasteiger partial charge in [-0.15, -0.1) is 0 Å². The number of hydrogen-bond acceptors (Lipinski definition) is 7. The molecule has 0 saturated carbocycles. The van der Waals surface area contributed by atoms with Crippen molar-refractivity contribution in [3.63, 3.8) is 0 Å². The van der Waals surface area contributed by atoms with E-state index in [4.69, 9.17) is 0 Å². The van der Waals surface area contributed by atoms with Crippen molar-refractivity contribution in [1.29, 1.82) is 0 Å². The molecule has 196 valence electrons. The van der Waals surface area contributed by atoms with Crippen LogP contribution in [0.15, 0.2) is 41.4 Å². The number of aromatic nitrogens is 1. The zero-order chi connectivity index (χ0) is 26.7. The van der Waals surface area contributed by atoms with Crippen molar-refractivity contribution < 1.29 is 27.9 Å². The van der Waals surface area contributed by atoms with Crippen molar-refractivity contribution in [2.24, 2.45) is 5.92 Å². The molecular weight excluding hydrogens is 482 g/mol. The highest BCUT2D eigenvalue weighted by Crippen LogP contribution is 2.15. The Morgan fingerprint density at radius 3 is 2.36 bits per heavy atom. The van der Waals surface area contributed by atoms with Gasteiger partial charge in [-0.1, -0.05) is 45.7 Å². The Hall–Kier alpha value is -3.27. The van der Waals surface area contributed by atoms with E-state index < -0.39 is 21.9 Å². The van der Waals surface area contributed by atoms with Gasteiger partial charge in [0, 0.05) is 19.2 Å². The van der Waals surface area contributed by atoms with Crippen molar-refractivity contribution in [1.82, 2.24) is 15.0 Å². The molecule has 0 saturated heterocycles. The average molecular weight is 517 g/mol. The van der Waals surface area contributed by atoms with Crippen LogP contribution >= 0.6 is 0 Å². The Labute approximate surface area is 212 Å². The number of aromatic carboxylic acids is 1. The Balaban J connectivity index is 2.02. The number of carboxylic acid groups (broad SMARTS) is 1. The molecule has 2 N–H and O–H groups in total. The number of hydrogen-bond donors (Lipinski definition) is 2. The lowest BCUT2D eigenvalue weighted by atomic mass is 10.0. The number of pyridine rings is 1. The summed E-state index contributed by atoms with van der Waals surface area (Å²) in [5.74, 6) is -1.91. The van der Waals surface area contributed by atoms with E-state index in [0.29, 0.717) is 43.7 Å². The summed E-state index contributed by atoms with van der Waals surface area (Å²) in [5, 5.41) is 14.2. The van der Waals surface area contributed by atoms with Gasteiger partial charge in [-0.2, -0.15) is 0 Å². The number of carbonyl (C=O) groups excluding carboxylic acids is 3. The summed E-state index contributed by atoms with van der Waals surface area (Å²) in [6.07, 6.45) is 5.75. The van der Waals surface area contributed by atoms with Crippen LogP contribution in [0.2, 0.25) is 0 Å². The zero-order valence-corrected chi connectivity index (χ0v) is 21.8. The van der Waals surface area contributed by atoms with Crippen molar-refractivity contribution in [2.45, 2.75) is 70.6 Å². The second kappa shape index (κ2) is 13.7. The molecule has 0 radical (unpaired) electrons. The summed E-state index contributed by atoms with van der Waals surface area (Å²) >= 11 is 0. The van der Waals surface area contributed by atoms with Gasteiger partial charge in [0.2, 0.25) is 5.91 Å². The lowest BCUT2D eigenvalue weighted by Crippen LogP contribution is -2.31. The third-order valence-corrected chi connectivity index (χ3v) is 6.96. The summed E-state index contributed by atoms with van der Waals surface area (Å²) in [5.41, 5.74) is 0.856. The highest BCUT2D eigenvalue weighted by atomic mass is 32.2. The van der Waals surface area contributed by atoms with E-state index >= 15 is 0 Å². The Morgan fingerprint density at radius 1 is 1.06 bits per heavy atom. The quantitative estimate of drug-likeness (QED) is 0.367. The number of benzene rings is 1. The molecule has 2 amide bonds. The molecule has 1 aromatic heterocycles. The predicted octanol–water partition coefficient (Wildman–Crippen LogP) is 2.39. The van der Waals surface area contributed by atoms with Crippen LogP contribution in [0.3, 0.4) is 0 Å². The van der Waals surface area contributed by atoms with Crippen LogP contribution in [0.1, 0.15) is 84.8 Å². The SMILES string of the molecule is CCCCCc1cc(C(=O)NS(=O)(=O)c2ccc(CCNC(=O)CCC(C)C)cc2)cnc1C(=O)[O-]. The molecule has 0 fully saturated rings. The summed E-state index contributed by atoms with van der Waals surface area (Å²) in [7, 11) is -4.16. The van der Waals surface area contributed by atoms with Crippen LogP contribution in [-0.2, 0) is 27.7 Å². The van der Waals surface area contributed by atoms with Crippen LogP contribution in [0.4, 0.5) is 0 Å². The van der Waals surface area contributed by atoms with Crippen molar-refractivity contribution in [3.05, 3.63) is 58.9 Å². The fourth-order valence-corrected chi connectivity index (χ4v) is 4.48. The molecule has 2 aromatic rings. The van der Waals surface area contributed by atoms with Gasteiger partial charge < -0.3 is 15.2 Å². The number of nitrogens with zero attached hydrogens (tertiary/aromatic N) is 1. The van der Waals surface area contributed by atoms with E-state index in [9.17, 15) is 27.9 Å². The monoisotopic (exact) mass is 516 g/mol. The Bertz CT molecular complexity index is 1160. The minimum absolute atomic E-state index is 0.0127. The molecule has 10 heteroatoms. The molecule has 0 bridgehead atoms. The van der Waals surface area contributed by atoms with Crippen molar-refractivity contribution in [2.75, 3.05) is 6.54 Å². The molecule has 0 aliphatic rings. The minimum Gasteiger partial charge on any atom is -0.543 e. The van der Waals surface area contributed by atoms with Gasteiger partial charge in [-0.05, 0) is 60.9 Å². The zero-order valence-electron chi connectivity index (χ0n) is 21.0. The van der Waals surface area contributed by atoms with Gasteiger partial charge in [0.25, 0.3) is 15.9 Å². The van der Waals surface area contributed by atoms with E-state index in [0.717, 1.165) is 31.0 Å². The lowest BCUT2D eigenvalue weighted by molar-refractivity contribution is -0.255. The van der Waals surface area contributed by atoms with Crippen molar-refractivity contribution >= 4 is 27.8 Å². The summed E-state index contributed by atoms with van der Waals surface area (Å²) in [6.45, 7) is 6.56. The first-order valence-corrected chi connectivity index (χ1v) is 13.6. The first-order valence-electron chi connectivity index (χ1n) is 12.2. The molecule has 9 nitrogen and oxygen atoms in total. The molecular formula is C26H34N3O6S-. The second-order valence-corrected chi connectivity index (χ2v) is 10.8. The van der Waals surface area contributed by atoms with E-state index in [1.165, 1.54) is 18.2 Å². The molecule has 1 aromatic carbocycles. The van der Waals surface area contributed by atoms with Crippen LogP contribution < -0.4 is 15.1 Å². The number of aryl methyl sites for hydroxylation is 1. The largest absolute Gasteiger partial charge is 0.543 e. The molecule has 0 aliphatic heterocycles. The Morgan fingerprint density at radius 2 is 1.75 bits per heavy atom. The maximum Gasteiger partial charge on any atom is 0.266 e. The molecule has 1 heterocycles. The fraction of sp³-hybridized carbons (Fsp3) is 0.462. The third-order valence-electron chi connectivity index (χ3n) is 5.62. The van der Waals surface area contributed by atoms with E-state index in [2.05, 4.69) is 24.1 Å². The normalized spacial score (nSPS) is 11.3. The fourth-order valence-electron chi connectivity index (χ4n) is 3.50. The number of amides is 2. The molecule has 0 atom stereocenters. The first kappa shape index (κ1) is 29.0. The van der Waals surface area contributed by atoms with E-state index in [-0.39, 0.29) is 22.1 Å². The number of nitrogens with one attached hydrogen (secondary N) is 2. The van der Waals surface area contributed by atoms with Gasteiger partial charge in [-0.25, -0.2) is 13.1 Å². The van der Waals surface area contributed by atoms with Gasteiger partial charge in [0.05, 0.1) is 22.1 Å². The predicted molar refractivity (Wildman–Crippen MR) is 134 cm³/mol. The van der Waals surface area contributed by atoms with Gasteiger partial charge in [-0.3, -0.25) is 14.6 Å². The summed E-state index contributed by atoms with van der Waals surface area (Å²) in [6, 6.07) is 7.37. The third kappa shape index (κ3) is 9.07.